The summed E-state index contributed by atoms with van der Waals surface area (Å²) in [6.45, 7) is 3.88. The van der Waals surface area contributed by atoms with Gasteiger partial charge in [-0.05, 0) is 32.0 Å². The molecule has 0 aliphatic heterocycles. The topological polar surface area (TPSA) is 64.1 Å². The highest BCUT2D eigenvalue weighted by molar-refractivity contribution is 6.29. The monoisotopic (exact) mass is 305 g/mol. The summed E-state index contributed by atoms with van der Waals surface area (Å²) < 4.78 is 5.33. The van der Waals surface area contributed by atoms with E-state index in [1.165, 1.54) is 12.1 Å². The number of methoxy groups -OCH3 is 1. The van der Waals surface area contributed by atoms with Gasteiger partial charge in [-0.3, -0.25) is 4.79 Å². The van der Waals surface area contributed by atoms with E-state index in [4.69, 9.17) is 16.3 Å². The summed E-state index contributed by atoms with van der Waals surface area (Å²) in [7, 11) is 1.60. The van der Waals surface area contributed by atoms with Gasteiger partial charge in [-0.2, -0.15) is 0 Å². The molecule has 1 atom stereocenters. The van der Waals surface area contributed by atoms with Crippen LogP contribution >= 0.6 is 11.6 Å². The molecule has 1 aromatic heterocycles. The molecule has 1 amide bonds. The van der Waals surface area contributed by atoms with Gasteiger partial charge in [-0.25, -0.2) is 0 Å². The van der Waals surface area contributed by atoms with Gasteiger partial charge in [0, 0.05) is 5.56 Å². The minimum absolute atomic E-state index is 0.218. The summed E-state index contributed by atoms with van der Waals surface area (Å²) in [5, 5.41) is 10.5. The molecule has 0 aliphatic carbocycles. The highest BCUT2D eigenvalue weighted by atomic mass is 35.5. The molecule has 0 spiro atoms. The van der Waals surface area contributed by atoms with E-state index in [2.05, 4.69) is 15.5 Å². The largest absolute Gasteiger partial charge is 0.496 e. The van der Waals surface area contributed by atoms with Gasteiger partial charge in [-0.1, -0.05) is 29.3 Å². The van der Waals surface area contributed by atoms with Crippen LogP contribution in [0.25, 0.3) is 0 Å². The maximum Gasteiger partial charge on any atom is 0.272 e. The van der Waals surface area contributed by atoms with Gasteiger partial charge in [0.15, 0.2) is 10.8 Å². The third-order valence-electron chi connectivity index (χ3n) is 3.06. The Morgan fingerprint density at radius 3 is 2.67 bits per heavy atom. The Hall–Kier alpha value is -2.14. The van der Waals surface area contributed by atoms with E-state index in [0.29, 0.717) is 0 Å². The quantitative estimate of drug-likeness (QED) is 0.943. The van der Waals surface area contributed by atoms with Crippen LogP contribution in [0.4, 0.5) is 0 Å². The van der Waals surface area contributed by atoms with E-state index in [1.807, 2.05) is 32.0 Å². The number of rotatable bonds is 4. The number of carbonyl (C=O) groups excluding carboxylic acids is 1. The maximum atomic E-state index is 12.1. The number of hydrogen-bond donors (Lipinski definition) is 1. The zero-order valence-corrected chi connectivity index (χ0v) is 12.8. The fraction of sp³-hybridized carbons (Fsp3) is 0.267. The van der Waals surface area contributed by atoms with Crippen LogP contribution < -0.4 is 10.1 Å². The number of aromatic nitrogens is 2. The van der Waals surface area contributed by atoms with Gasteiger partial charge in [-0.15, -0.1) is 10.2 Å². The lowest BCUT2D eigenvalue weighted by Gasteiger charge is -2.17. The van der Waals surface area contributed by atoms with Gasteiger partial charge in [0.1, 0.15) is 5.75 Å². The van der Waals surface area contributed by atoms with Gasteiger partial charge in [0.25, 0.3) is 5.91 Å². The van der Waals surface area contributed by atoms with Crippen LogP contribution in [0.1, 0.15) is 34.6 Å². The number of benzene rings is 1. The van der Waals surface area contributed by atoms with E-state index in [9.17, 15) is 4.79 Å². The Kier molecular flexibility index (Phi) is 4.75. The van der Waals surface area contributed by atoms with Crippen LogP contribution in [-0.4, -0.2) is 23.2 Å². The molecule has 21 heavy (non-hydrogen) atoms. The third-order valence-corrected chi connectivity index (χ3v) is 3.27. The molecule has 0 aliphatic rings. The molecule has 2 aromatic rings. The summed E-state index contributed by atoms with van der Waals surface area (Å²) in [6.07, 6.45) is 0. The van der Waals surface area contributed by atoms with E-state index < -0.39 is 0 Å². The van der Waals surface area contributed by atoms with Crippen LogP contribution in [0.5, 0.6) is 5.75 Å². The fourth-order valence-corrected chi connectivity index (χ4v) is 2.08. The summed E-state index contributed by atoms with van der Waals surface area (Å²) in [5.41, 5.74) is 2.23. The number of halogens is 1. The van der Waals surface area contributed by atoms with E-state index >= 15 is 0 Å². The van der Waals surface area contributed by atoms with Crippen molar-refractivity contribution in [3.8, 4) is 5.75 Å². The Balaban J connectivity index is 2.17. The lowest BCUT2D eigenvalue weighted by molar-refractivity contribution is 0.0933. The molecule has 110 valence electrons. The van der Waals surface area contributed by atoms with Gasteiger partial charge < -0.3 is 10.1 Å². The second kappa shape index (κ2) is 6.54. The summed E-state index contributed by atoms with van der Waals surface area (Å²) >= 11 is 5.65. The van der Waals surface area contributed by atoms with Crippen molar-refractivity contribution in [2.45, 2.75) is 19.9 Å². The Bertz CT molecular complexity index is 644. The average molecular weight is 306 g/mol. The predicted molar refractivity (Wildman–Crippen MR) is 80.7 cm³/mol. The first-order valence-corrected chi connectivity index (χ1v) is 6.83. The van der Waals surface area contributed by atoms with Crippen molar-refractivity contribution >= 4 is 17.5 Å². The summed E-state index contributed by atoms with van der Waals surface area (Å²) in [5.74, 6) is 0.422. The molecule has 1 N–H and O–H groups in total. The van der Waals surface area contributed by atoms with Crippen molar-refractivity contribution in [1.29, 1.82) is 0 Å². The van der Waals surface area contributed by atoms with Crippen molar-refractivity contribution in [3.63, 3.8) is 0 Å². The Labute approximate surface area is 128 Å². The second-order valence-corrected chi connectivity index (χ2v) is 5.07. The number of nitrogens with zero attached hydrogens (tertiary/aromatic N) is 2. The first-order chi connectivity index (χ1) is 10.0. The number of aryl methyl sites for hydroxylation is 1. The lowest BCUT2D eigenvalue weighted by atomic mass is 10.0. The SMILES string of the molecule is COc1ccc(C)cc1C(C)NC(=O)c1ccc(Cl)nn1. The number of hydrogen-bond acceptors (Lipinski definition) is 4. The van der Waals surface area contributed by atoms with E-state index in [0.717, 1.165) is 16.9 Å². The number of amides is 1. The molecule has 0 bridgehead atoms. The molecule has 0 radical (unpaired) electrons. The zero-order valence-electron chi connectivity index (χ0n) is 12.1. The highest BCUT2D eigenvalue weighted by Crippen LogP contribution is 2.26. The van der Waals surface area contributed by atoms with Crippen LogP contribution in [0.15, 0.2) is 30.3 Å². The van der Waals surface area contributed by atoms with Gasteiger partial charge in [0.2, 0.25) is 0 Å². The molecule has 0 fully saturated rings. The van der Waals surface area contributed by atoms with Crippen LogP contribution in [0, 0.1) is 6.92 Å². The molecule has 0 saturated carbocycles. The summed E-state index contributed by atoms with van der Waals surface area (Å²) in [4.78, 5) is 12.1. The van der Waals surface area contributed by atoms with Crippen molar-refractivity contribution < 1.29 is 9.53 Å². The minimum atomic E-state index is -0.310. The highest BCUT2D eigenvalue weighted by Gasteiger charge is 2.16. The predicted octanol–water partition coefficient (Wildman–Crippen LogP) is 2.94. The minimum Gasteiger partial charge on any atom is -0.496 e. The van der Waals surface area contributed by atoms with Crippen LogP contribution in [0.2, 0.25) is 5.15 Å². The summed E-state index contributed by atoms with van der Waals surface area (Å²) in [6, 6.07) is 8.67. The Morgan fingerprint density at radius 1 is 1.29 bits per heavy atom. The van der Waals surface area contributed by atoms with Crippen molar-refractivity contribution in [3.05, 3.63) is 52.3 Å². The molecule has 1 aromatic carbocycles. The molecule has 6 heteroatoms. The van der Waals surface area contributed by atoms with Crippen LogP contribution in [0.3, 0.4) is 0 Å². The standard InChI is InChI=1S/C15H16ClN3O2/c1-9-4-6-13(21-3)11(8-9)10(2)17-15(20)12-5-7-14(16)19-18-12/h4-8,10H,1-3H3,(H,17,20). The third kappa shape index (κ3) is 3.70. The molecular formula is C15H16ClN3O2. The molecule has 5 nitrogen and oxygen atoms in total. The first-order valence-electron chi connectivity index (χ1n) is 6.46. The van der Waals surface area contributed by atoms with Crippen LogP contribution in [-0.2, 0) is 0 Å². The molecule has 1 heterocycles. The molecule has 0 saturated heterocycles. The smallest absolute Gasteiger partial charge is 0.272 e. The maximum absolute atomic E-state index is 12.1. The average Bonchev–Trinajstić information content (AvgIpc) is 2.47. The normalized spacial score (nSPS) is 11.8. The zero-order chi connectivity index (χ0) is 15.4. The van der Waals surface area contributed by atoms with Crippen molar-refractivity contribution in [1.82, 2.24) is 15.5 Å². The van der Waals surface area contributed by atoms with Gasteiger partial charge in [0.05, 0.1) is 13.2 Å². The number of ether oxygens (including phenoxy) is 1. The van der Waals surface area contributed by atoms with Crippen molar-refractivity contribution in [2.75, 3.05) is 7.11 Å². The number of nitrogens with one attached hydrogen (secondary N) is 1. The van der Waals surface area contributed by atoms with E-state index in [-0.39, 0.29) is 22.8 Å². The molecular weight excluding hydrogens is 290 g/mol. The van der Waals surface area contributed by atoms with Gasteiger partial charge >= 0.3 is 0 Å². The number of carbonyl (C=O) groups is 1. The van der Waals surface area contributed by atoms with Crippen molar-refractivity contribution in [2.24, 2.45) is 0 Å². The van der Waals surface area contributed by atoms with E-state index in [1.54, 1.807) is 7.11 Å². The Morgan fingerprint density at radius 2 is 2.05 bits per heavy atom. The lowest BCUT2D eigenvalue weighted by Crippen LogP contribution is -2.28. The molecule has 1 unspecified atom stereocenters. The first kappa shape index (κ1) is 15.3. The second-order valence-electron chi connectivity index (χ2n) is 4.68. The molecule has 2 rings (SSSR count). The fourth-order valence-electron chi connectivity index (χ4n) is 1.98.